The molecule has 0 saturated carbocycles. The van der Waals surface area contributed by atoms with Crippen molar-refractivity contribution in [2.45, 2.75) is 45.2 Å². The summed E-state index contributed by atoms with van der Waals surface area (Å²) in [5.41, 5.74) is 6.07. The summed E-state index contributed by atoms with van der Waals surface area (Å²) >= 11 is 6.12. The second-order valence-corrected chi connectivity index (χ2v) is 14.6. The van der Waals surface area contributed by atoms with Crippen LogP contribution in [0.3, 0.4) is 0 Å². The molecule has 15 heteroatoms. The van der Waals surface area contributed by atoms with Gasteiger partial charge >= 0.3 is 0 Å². The van der Waals surface area contributed by atoms with E-state index in [9.17, 15) is 18.0 Å². The van der Waals surface area contributed by atoms with Crippen LogP contribution in [0.2, 0.25) is 5.15 Å². The fourth-order valence-corrected chi connectivity index (χ4v) is 7.30. The van der Waals surface area contributed by atoms with Crippen LogP contribution in [-0.2, 0) is 34.9 Å². The van der Waals surface area contributed by atoms with Crippen molar-refractivity contribution in [3.8, 4) is 5.69 Å². The number of aryl methyl sites for hydroxylation is 2. The van der Waals surface area contributed by atoms with Gasteiger partial charge in [-0.15, -0.1) is 0 Å². The molecule has 0 unspecified atom stereocenters. The van der Waals surface area contributed by atoms with Gasteiger partial charge in [0.15, 0.2) is 5.69 Å². The highest BCUT2D eigenvalue weighted by molar-refractivity contribution is 7.90. The topological polar surface area (TPSA) is 153 Å². The Hall–Kier alpha value is -4.79. The molecular weight excluding hydrogens is 656 g/mol. The lowest BCUT2D eigenvalue weighted by Gasteiger charge is -2.26. The Kier molecular flexibility index (Phi) is 7.96. The van der Waals surface area contributed by atoms with Crippen LogP contribution in [0, 0.1) is 13.8 Å². The molecule has 5 heterocycles. The molecular formula is C33H33ClN8O5S. The van der Waals surface area contributed by atoms with Gasteiger partial charge in [0, 0.05) is 30.9 Å². The monoisotopic (exact) mass is 688 g/mol. The van der Waals surface area contributed by atoms with Crippen molar-refractivity contribution in [3.05, 3.63) is 104 Å². The average molecular weight is 689 g/mol. The van der Waals surface area contributed by atoms with Crippen LogP contribution in [0.25, 0.3) is 16.6 Å². The number of sulfonamides is 1. The Balaban J connectivity index is 1.20. The van der Waals surface area contributed by atoms with Crippen molar-refractivity contribution in [2.75, 3.05) is 23.4 Å². The minimum absolute atomic E-state index is 0.0115. The van der Waals surface area contributed by atoms with Crippen LogP contribution in [0.4, 0.5) is 11.6 Å². The fourth-order valence-electron chi connectivity index (χ4n) is 6.08. The summed E-state index contributed by atoms with van der Waals surface area (Å²) in [6.07, 6.45) is 2.02. The van der Waals surface area contributed by atoms with Crippen LogP contribution in [0.5, 0.6) is 0 Å². The van der Waals surface area contributed by atoms with Crippen molar-refractivity contribution in [1.29, 1.82) is 0 Å². The number of halogens is 1. The Morgan fingerprint density at radius 2 is 1.85 bits per heavy atom. The van der Waals surface area contributed by atoms with E-state index in [4.69, 9.17) is 26.4 Å². The van der Waals surface area contributed by atoms with Crippen LogP contribution in [-0.4, -0.2) is 57.1 Å². The summed E-state index contributed by atoms with van der Waals surface area (Å²) in [5, 5.41) is 7.78. The molecule has 0 aliphatic carbocycles. The van der Waals surface area contributed by atoms with E-state index < -0.39 is 27.2 Å². The number of carbonyl (C=O) groups is 1. The number of para-hydroxylation sites is 1. The molecule has 1 fully saturated rings. The SMILES string of the molecule is Cc1cc([C@@H](C)Nc2ccc(Cl)nc2C(=O)NS(=O)(=O)C2COC2)c2nc(N3Cc4cn(-c5ccccc5C)nc4C3)n(C)c(=O)c2c1. The van der Waals surface area contributed by atoms with Crippen molar-refractivity contribution in [1.82, 2.24) is 29.0 Å². The number of ether oxygens (including phenoxy) is 1. The molecule has 1 atom stereocenters. The Morgan fingerprint density at radius 1 is 1.08 bits per heavy atom. The zero-order valence-electron chi connectivity index (χ0n) is 26.7. The number of rotatable bonds is 8. The fraction of sp³-hybridized carbons (Fsp3) is 0.303. The predicted molar refractivity (Wildman–Crippen MR) is 182 cm³/mol. The number of fused-ring (bicyclic) bond motifs is 2. The third-order valence-corrected chi connectivity index (χ3v) is 10.6. The largest absolute Gasteiger partial charge is 0.378 e. The Labute approximate surface area is 281 Å². The van der Waals surface area contributed by atoms with Crippen LogP contribution in [0.15, 0.2) is 59.5 Å². The van der Waals surface area contributed by atoms with Gasteiger partial charge in [0.25, 0.3) is 11.5 Å². The highest BCUT2D eigenvalue weighted by Crippen LogP contribution is 2.32. The summed E-state index contributed by atoms with van der Waals surface area (Å²) in [6, 6.07) is 14.4. The average Bonchev–Trinajstić information content (AvgIpc) is 3.58. The van der Waals surface area contributed by atoms with Crippen molar-refractivity contribution in [3.63, 3.8) is 0 Å². The lowest BCUT2D eigenvalue weighted by molar-refractivity contribution is 0.0410. The molecule has 0 radical (unpaired) electrons. The van der Waals surface area contributed by atoms with E-state index in [1.54, 1.807) is 17.7 Å². The molecule has 0 bridgehead atoms. The van der Waals surface area contributed by atoms with Gasteiger partial charge < -0.3 is 15.0 Å². The predicted octanol–water partition coefficient (Wildman–Crippen LogP) is 3.94. The number of nitrogens with zero attached hydrogens (tertiary/aromatic N) is 6. The number of anilines is 2. The molecule has 1 amide bonds. The van der Waals surface area contributed by atoms with E-state index in [1.165, 1.54) is 6.07 Å². The highest BCUT2D eigenvalue weighted by atomic mass is 35.5. The van der Waals surface area contributed by atoms with E-state index in [1.807, 2.05) is 72.9 Å². The van der Waals surface area contributed by atoms with Crippen LogP contribution < -0.4 is 20.5 Å². The summed E-state index contributed by atoms with van der Waals surface area (Å²) in [5.74, 6) is -0.413. The van der Waals surface area contributed by atoms with Crippen LogP contribution in [0.1, 0.15) is 51.4 Å². The minimum Gasteiger partial charge on any atom is -0.378 e. The first kappa shape index (κ1) is 31.8. The smallest absolute Gasteiger partial charge is 0.285 e. The summed E-state index contributed by atoms with van der Waals surface area (Å²) in [4.78, 5) is 38.2. The van der Waals surface area contributed by atoms with Crippen molar-refractivity contribution < 1.29 is 17.9 Å². The molecule has 248 valence electrons. The van der Waals surface area contributed by atoms with E-state index >= 15 is 0 Å². The third-order valence-electron chi connectivity index (χ3n) is 8.75. The number of hydrogen-bond donors (Lipinski definition) is 2. The van der Waals surface area contributed by atoms with Gasteiger partial charge in [-0.25, -0.2) is 27.8 Å². The number of hydrogen-bond acceptors (Lipinski definition) is 10. The zero-order chi connectivity index (χ0) is 33.9. The minimum atomic E-state index is -3.96. The first-order valence-corrected chi connectivity index (χ1v) is 17.3. The number of benzene rings is 2. The molecule has 3 aromatic heterocycles. The molecule has 48 heavy (non-hydrogen) atoms. The van der Waals surface area contributed by atoms with Gasteiger partial charge in [0.05, 0.1) is 53.8 Å². The standard InChI is InChI=1S/C33H33ClN8O5S/c1-18-11-23(20(3)35-25-9-10-28(34)36-30(25)31(43)39-48(45,46)22-16-47-17-22)29-24(12-18)32(44)40(4)33(37-29)41-13-21-14-42(38-26(21)15-41)27-8-6-5-7-19(27)2/h5-12,14,20,22,35H,13,15-17H2,1-4H3,(H,39,43)/t20-/m1/s1. The quantitative estimate of drug-likeness (QED) is 0.229. The molecule has 2 N–H and O–H groups in total. The second kappa shape index (κ2) is 12.0. The highest BCUT2D eigenvalue weighted by Gasteiger charge is 2.35. The normalized spacial score (nSPS) is 15.3. The third kappa shape index (κ3) is 5.69. The zero-order valence-corrected chi connectivity index (χ0v) is 28.3. The number of carbonyl (C=O) groups excluding carboxylic acids is 1. The second-order valence-electron chi connectivity index (χ2n) is 12.2. The maximum absolute atomic E-state index is 13.8. The summed E-state index contributed by atoms with van der Waals surface area (Å²) in [6.45, 7) is 6.86. The Morgan fingerprint density at radius 3 is 2.56 bits per heavy atom. The summed E-state index contributed by atoms with van der Waals surface area (Å²) in [7, 11) is -2.25. The number of amides is 1. The van der Waals surface area contributed by atoms with Gasteiger partial charge in [-0.3, -0.25) is 14.2 Å². The molecule has 2 aromatic carbocycles. The summed E-state index contributed by atoms with van der Waals surface area (Å²) < 4.78 is 35.8. The van der Waals surface area contributed by atoms with Gasteiger partial charge in [-0.2, -0.15) is 5.10 Å². The van der Waals surface area contributed by atoms with Crippen molar-refractivity contribution in [2.24, 2.45) is 7.05 Å². The molecule has 13 nitrogen and oxygen atoms in total. The van der Waals surface area contributed by atoms with Crippen molar-refractivity contribution >= 4 is 50.1 Å². The Bertz CT molecular complexity index is 2260. The van der Waals surface area contributed by atoms with Crippen LogP contribution >= 0.6 is 11.6 Å². The molecule has 0 spiro atoms. The lowest BCUT2D eigenvalue weighted by atomic mass is 10.0. The number of aromatic nitrogens is 5. The van der Waals surface area contributed by atoms with E-state index in [2.05, 4.69) is 15.0 Å². The first-order valence-electron chi connectivity index (χ1n) is 15.4. The molecule has 7 rings (SSSR count). The van der Waals surface area contributed by atoms with E-state index in [0.717, 1.165) is 28.1 Å². The van der Waals surface area contributed by atoms with Gasteiger partial charge in [0.2, 0.25) is 16.0 Å². The first-order chi connectivity index (χ1) is 22.9. The van der Waals surface area contributed by atoms with Gasteiger partial charge in [-0.1, -0.05) is 35.9 Å². The maximum Gasteiger partial charge on any atom is 0.285 e. The molecule has 5 aromatic rings. The lowest BCUT2D eigenvalue weighted by Crippen LogP contribution is -2.48. The molecule has 2 aliphatic heterocycles. The van der Waals surface area contributed by atoms with E-state index in [-0.39, 0.29) is 35.3 Å². The molecule has 2 aliphatic rings. The van der Waals surface area contributed by atoms with Gasteiger partial charge in [-0.05, 0) is 56.2 Å². The number of pyridine rings is 1. The maximum atomic E-state index is 13.8. The van der Waals surface area contributed by atoms with Gasteiger partial charge in [0.1, 0.15) is 10.4 Å². The number of nitrogens with one attached hydrogen (secondary N) is 2. The molecule has 1 saturated heterocycles. The van der Waals surface area contributed by atoms with E-state index in [0.29, 0.717) is 35.5 Å².